The smallest absolute Gasteiger partial charge is 0.312 e. The van der Waals surface area contributed by atoms with Gasteiger partial charge in [0.2, 0.25) is 5.91 Å². The number of primary amides is 1. The molecule has 0 bridgehead atoms. The standard InChI is InChI=1S/C25H27N5O4/c26-25(32)29-22(18-5-4-8-21(15-18)34-20-6-2-1-3-7-20)16-24(31)28-19-9-10-23(27-17-19)30-11-13-33-14-12-30/h1-10,15,17,22H,11-14,16H2,(H,28,31)(H3,26,29,32)/t22-/m0/s1. The number of urea groups is 1. The Bertz CT molecular complexity index is 1100. The summed E-state index contributed by atoms with van der Waals surface area (Å²) < 4.78 is 11.2. The third kappa shape index (κ3) is 6.46. The fourth-order valence-corrected chi connectivity index (χ4v) is 3.68. The highest BCUT2D eigenvalue weighted by molar-refractivity contribution is 5.91. The van der Waals surface area contributed by atoms with Crippen LogP contribution in [0.2, 0.25) is 0 Å². The van der Waals surface area contributed by atoms with Crippen molar-refractivity contribution in [3.63, 3.8) is 0 Å². The molecule has 3 amide bonds. The minimum atomic E-state index is -0.719. The lowest BCUT2D eigenvalue weighted by Crippen LogP contribution is -2.36. The number of nitrogens with zero attached hydrogens (tertiary/aromatic N) is 2. The van der Waals surface area contributed by atoms with Crippen molar-refractivity contribution in [2.75, 3.05) is 36.5 Å². The van der Waals surface area contributed by atoms with Crippen LogP contribution in [0, 0.1) is 0 Å². The molecule has 4 N–H and O–H groups in total. The maximum atomic E-state index is 12.8. The van der Waals surface area contributed by atoms with E-state index in [0.29, 0.717) is 36.0 Å². The fraction of sp³-hybridized carbons (Fsp3) is 0.240. The van der Waals surface area contributed by atoms with Gasteiger partial charge in [0, 0.05) is 13.1 Å². The number of amides is 3. The van der Waals surface area contributed by atoms with E-state index in [4.69, 9.17) is 15.2 Å². The van der Waals surface area contributed by atoms with Crippen LogP contribution in [0.15, 0.2) is 72.9 Å². The van der Waals surface area contributed by atoms with Crippen LogP contribution in [0.5, 0.6) is 11.5 Å². The van der Waals surface area contributed by atoms with E-state index in [1.54, 1.807) is 30.5 Å². The molecule has 1 aliphatic heterocycles. The first-order chi connectivity index (χ1) is 16.6. The zero-order valence-corrected chi connectivity index (χ0v) is 18.6. The summed E-state index contributed by atoms with van der Waals surface area (Å²) in [4.78, 5) is 30.9. The van der Waals surface area contributed by atoms with Crippen molar-refractivity contribution in [1.82, 2.24) is 10.3 Å². The highest BCUT2D eigenvalue weighted by atomic mass is 16.5. The van der Waals surface area contributed by atoms with Gasteiger partial charge in [0.1, 0.15) is 17.3 Å². The Morgan fingerprint density at radius 1 is 1.03 bits per heavy atom. The number of morpholine rings is 1. The van der Waals surface area contributed by atoms with Crippen molar-refractivity contribution < 1.29 is 19.1 Å². The lowest BCUT2D eigenvalue weighted by atomic mass is 10.0. The molecule has 3 aromatic rings. The van der Waals surface area contributed by atoms with Gasteiger partial charge in [-0.1, -0.05) is 30.3 Å². The molecule has 2 aromatic carbocycles. The van der Waals surface area contributed by atoms with Gasteiger partial charge in [-0.25, -0.2) is 9.78 Å². The molecule has 1 saturated heterocycles. The summed E-state index contributed by atoms with van der Waals surface area (Å²) in [6, 6.07) is 18.9. The number of hydrogen-bond donors (Lipinski definition) is 3. The fourth-order valence-electron chi connectivity index (χ4n) is 3.68. The van der Waals surface area contributed by atoms with E-state index >= 15 is 0 Å². The molecule has 2 heterocycles. The van der Waals surface area contributed by atoms with Crippen molar-refractivity contribution in [3.05, 3.63) is 78.5 Å². The second-order valence-corrected chi connectivity index (χ2v) is 7.81. The third-order valence-corrected chi connectivity index (χ3v) is 5.31. The normalized spacial score (nSPS) is 14.2. The molecule has 1 aliphatic rings. The highest BCUT2D eigenvalue weighted by Crippen LogP contribution is 2.26. The summed E-state index contributed by atoms with van der Waals surface area (Å²) in [6.07, 6.45) is 1.61. The van der Waals surface area contributed by atoms with Crippen molar-refractivity contribution in [3.8, 4) is 11.5 Å². The van der Waals surface area contributed by atoms with Gasteiger partial charge < -0.3 is 30.7 Å². The quantitative estimate of drug-likeness (QED) is 0.473. The summed E-state index contributed by atoms with van der Waals surface area (Å²) in [5.74, 6) is 1.83. The average Bonchev–Trinajstić information content (AvgIpc) is 2.85. The van der Waals surface area contributed by atoms with Gasteiger partial charge in [-0.05, 0) is 42.0 Å². The molecule has 1 atom stereocenters. The summed E-state index contributed by atoms with van der Waals surface area (Å²) in [5.41, 5.74) is 6.64. The van der Waals surface area contributed by atoms with Gasteiger partial charge in [0.15, 0.2) is 0 Å². The monoisotopic (exact) mass is 461 g/mol. The zero-order chi connectivity index (χ0) is 23.8. The number of nitrogens with one attached hydrogen (secondary N) is 2. The lowest BCUT2D eigenvalue weighted by Gasteiger charge is -2.27. The van der Waals surface area contributed by atoms with Gasteiger partial charge in [-0.3, -0.25) is 4.79 Å². The van der Waals surface area contributed by atoms with E-state index < -0.39 is 12.1 Å². The SMILES string of the molecule is NC(=O)N[C@@H](CC(=O)Nc1ccc(N2CCOCC2)nc1)c1cccc(Oc2ccccc2)c1. The molecule has 1 aromatic heterocycles. The van der Waals surface area contributed by atoms with E-state index in [1.165, 1.54) is 0 Å². The molecular weight excluding hydrogens is 434 g/mol. The van der Waals surface area contributed by atoms with E-state index in [-0.39, 0.29) is 12.3 Å². The van der Waals surface area contributed by atoms with Gasteiger partial charge in [0.05, 0.1) is 37.6 Å². The Balaban J connectivity index is 1.41. The summed E-state index contributed by atoms with van der Waals surface area (Å²) in [6.45, 7) is 2.91. The minimum absolute atomic E-state index is 0.0110. The molecule has 0 unspecified atom stereocenters. The maximum absolute atomic E-state index is 12.8. The predicted octanol–water partition coefficient (Wildman–Crippen LogP) is 3.45. The van der Waals surface area contributed by atoms with E-state index in [0.717, 1.165) is 18.9 Å². The molecule has 1 fully saturated rings. The first-order valence-electron chi connectivity index (χ1n) is 11.0. The number of aromatic nitrogens is 1. The molecular formula is C25H27N5O4. The Kier molecular flexibility index (Phi) is 7.56. The van der Waals surface area contributed by atoms with Crippen LogP contribution in [-0.2, 0) is 9.53 Å². The first-order valence-corrected chi connectivity index (χ1v) is 11.0. The Labute approximate surface area is 197 Å². The molecule has 0 saturated carbocycles. The van der Waals surface area contributed by atoms with Crippen LogP contribution in [0.1, 0.15) is 18.0 Å². The Hall–Kier alpha value is -4.11. The topological polar surface area (TPSA) is 119 Å². The second kappa shape index (κ2) is 11.2. The van der Waals surface area contributed by atoms with E-state index in [2.05, 4.69) is 20.5 Å². The Morgan fingerprint density at radius 2 is 1.79 bits per heavy atom. The number of nitrogens with two attached hydrogens (primary N) is 1. The van der Waals surface area contributed by atoms with E-state index in [1.807, 2.05) is 42.5 Å². The lowest BCUT2D eigenvalue weighted by molar-refractivity contribution is -0.116. The molecule has 34 heavy (non-hydrogen) atoms. The number of carbonyl (C=O) groups excluding carboxylic acids is 2. The van der Waals surface area contributed by atoms with Crippen LogP contribution in [0.4, 0.5) is 16.3 Å². The molecule has 9 heteroatoms. The maximum Gasteiger partial charge on any atom is 0.312 e. The molecule has 0 radical (unpaired) electrons. The van der Waals surface area contributed by atoms with Crippen molar-refractivity contribution in [2.24, 2.45) is 5.73 Å². The number of hydrogen-bond acceptors (Lipinski definition) is 6. The molecule has 9 nitrogen and oxygen atoms in total. The summed E-state index contributed by atoms with van der Waals surface area (Å²) in [7, 11) is 0. The average molecular weight is 462 g/mol. The van der Waals surface area contributed by atoms with Crippen LogP contribution in [0.25, 0.3) is 0 Å². The predicted molar refractivity (Wildman–Crippen MR) is 129 cm³/mol. The molecule has 4 rings (SSSR count). The van der Waals surface area contributed by atoms with Crippen molar-refractivity contribution in [2.45, 2.75) is 12.5 Å². The van der Waals surface area contributed by atoms with E-state index in [9.17, 15) is 9.59 Å². The van der Waals surface area contributed by atoms with Gasteiger partial charge in [0.25, 0.3) is 0 Å². The number of para-hydroxylation sites is 1. The Morgan fingerprint density at radius 3 is 2.50 bits per heavy atom. The number of anilines is 2. The molecule has 0 aliphatic carbocycles. The summed E-state index contributed by atoms with van der Waals surface area (Å²) >= 11 is 0. The second-order valence-electron chi connectivity index (χ2n) is 7.81. The largest absolute Gasteiger partial charge is 0.457 e. The number of benzene rings is 2. The van der Waals surface area contributed by atoms with Gasteiger partial charge in [-0.15, -0.1) is 0 Å². The number of rotatable bonds is 8. The molecule has 176 valence electrons. The highest BCUT2D eigenvalue weighted by Gasteiger charge is 2.19. The van der Waals surface area contributed by atoms with Gasteiger partial charge in [-0.2, -0.15) is 0 Å². The van der Waals surface area contributed by atoms with Gasteiger partial charge >= 0.3 is 6.03 Å². The molecule has 0 spiro atoms. The van der Waals surface area contributed by atoms with Crippen LogP contribution in [-0.4, -0.2) is 43.2 Å². The van der Waals surface area contributed by atoms with Crippen molar-refractivity contribution >= 4 is 23.4 Å². The third-order valence-electron chi connectivity index (χ3n) is 5.31. The first kappa shape index (κ1) is 23.1. The number of pyridine rings is 1. The summed E-state index contributed by atoms with van der Waals surface area (Å²) in [5, 5.41) is 5.48. The van der Waals surface area contributed by atoms with Crippen LogP contribution in [0.3, 0.4) is 0 Å². The van der Waals surface area contributed by atoms with Crippen LogP contribution >= 0.6 is 0 Å². The minimum Gasteiger partial charge on any atom is -0.457 e. The number of carbonyl (C=O) groups is 2. The van der Waals surface area contributed by atoms with Crippen molar-refractivity contribution in [1.29, 1.82) is 0 Å². The van der Waals surface area contributed by atoms with Crippen LogP contribution < -0.4 is 26.0 Å². The number of ether oxygens (including phenoxy) is 2. The zero-order valence-electron chi connectivity index (χ0n) is 18.6.